The van der Waals surface area contributed by atoms with Gasteiger partial charge in [0.1, 0.15) is 0 Å². The number of para-hydroxylation sites is 1. The third-order valence-corrected chi connectivity index (χ3v) is 2.55. The van der Waals surface area contributed by atoms with E-state index in [1.165, 1.54) is 0 Å². The second-order valence-electron chi connectivity index (χ2n) is 4.00. The average Bonchev–Trinajstić information content (AvgIpc) is 2.23. The predicted octanol–water partition coefficient (Wildman–Crippen LogP) is 2.52. The van der Waals surface area contributed by atoms with Crippen molar-refractivity contribution in [3.05, 3.63) is 30.0 Å². The van der Waals surface area contributed by atoms with Gasteiger partial charge in [-0.2, -0.15) is 0 Å². The summed E-state index contributed by atoms with van der Waals surface area (Å²) in [6.07, 6.45) is 0. The molecule has 0 bridgehead atoms. The van der Waals surface area contributed by atoms with Crippen LogP contribution in [0.15, 0.2) is 24.3 Å². The van der Waals surface area contributed by atoms with Gasteiger partial charge < -0.3 is 11.5 Å². The zero-order chi connectivity index (χ0) is 11.0. The first-order valence-electron chi connectivity index (χ1n) is 5.05. The monoisotopic (exact) mass is 201 g/mol. The van der Waals surface area contributed by atoms with Gasteiger partial charge >= 0.3 is 0 Å². The molecular weight excluding hydrogens is 186 g/mol. The first kappa shape index (κ1) is 9.77. The number of nitrogen functional groups attached to an aromatic ring is 2. The quantitative estimate of drug-likeness (QED) is 0.745. The molecule has 0 atom stereocenters. The number of nitrogens with zero attached hydrogens (tertiary/aromatic N) is 1. The van der Waals surface area contributed by atoms with Gasteiger partial charge in [-0.05, 0) is 12.0 Å². The standard InChI is InChI=1S/C12H15N3/c1-7(2)12-11(14)10(13)8-5-3-4-6-9(8)15-12/h3-7H,14H2,1-2H3,(H2,13,15). The maximum absolute atomic E-state index is 5.99. The van der Waals surface area contributed by atoms with Crippen molar-refractivity contribution >= 4 is 22.3 Å². The molecule has 0 saturated heterocycles. The first-order valence-corrected chi connectivity index (χ1v) is 5.05. The molecule has 0 unspecified atom stereocenters. The number of nitrogens with two attached hydrogens (primary N) is 2. The molecule has 0 aliphatic heterocycles. The van der Waals surface area contributed by atoms with E-state index in [1.54, 1.807) is 0 Å². The topological polar surface area (TPSA) is 64.9 Å². The Morgan fingerprint density at radius 1 is 1.07 bits per heavy atom. The van der Waals surface area contributed by atoms with E-state index in [9.17, 15) is 0 Å². The highest BCUT2D eigenvalue weighted by atomic mass is 14.8. The molecule has 78 valence electrons. The molecule has 0 amide bonds. The van der Waals surface area contributed by atoms with Crippen molar-refractivity contribution in [2.24, 2.45) is 0 Å². The molecule has 0 radical (unpaired) electrons. The molecule has 1 aromatic carbocycles. The fourth-order valence-corrected chi connectivity index (χ4v) is 1.71. The number of aromatic nitrogens is 1. The molecule has 3 nitrogen and oxygen atoms in total. The largest absolute Gasteiger partial charge is 0.396 e. The van der Waals surface area contributed by atoms with Crippen LogP contribution in [-0.2, 0) is 0 Å². The summed E-state index contributed by atoms with van der Waals surface area (Å²) in [7, 11) is 0. The summed E-state index contributed by atoms with van der Waals surface area (Å²) >= 11 is 0. The zero-order valence-corrected chi connectivity index (χ0v) is 8.99. The van der Waals surface area contributed by atoms with Crippen molar-refractivity contribution in [3.8, 4) is 0 Å². The van der Waals surface area contributed by atoms with Gasteiger partial charge in [0.15, 0.2) is 0 Å². The van der Waals surface area contributed by atoms with Crippen molar-refractivity contribution < 1.29 is 0 Å². The molecule has 0 fully saturated rings. The van der Waals surface area contributed by atoms with Crippen molar-refractivity contribution in [2.45, 2.75) is 19.8 Å². The summed E-state index contributed by atoms with van der Waals surface area (Å²) < 4.78 is 0. The molecule has 15 heavy (non-hydrogen) atoms. The lowest BCUT2D eigenvalue weighted by Crippen LogP contribution is -2.05. The van der Waals surface area contributed by atoms with Crippen molar-refractivity contribution in [3.63, 3.8) is 0 Å². The summed E-state index contributed by atoms with van der Waals surface area (Å²) in [5, 5.41) is 0.930. The Labute approximate surface area is 89.1 Å². The van der Waals surface area contributed by atoms with Crippen LogP contribution >= 0.6 is 0 Å². The number of anilines is 2. The van der Waals surface area contributed by atoms with E-state index >= 15 is 0 Å². The summed E-state index contributed by atoms with van der Waals surface area (Å²) in [6, 6.07) is 7.79. The maximum Gasteiger partial charge on any atom is 0.0776 e. The highest BCUT2D eigenvalue weighted by Gasteiger charge is 2.11. The highest BCUT2D eigenvalue weighted by molar-refractivity contribution is 5.96. The molecular formula is C12H15N3. The van der Waals surface area contributed by atoms with Crippen LogP contribution in [-0.4, -0.2) is 4.98 Å². The van der Waals surface area contributed by atoms with Crippen LogP contribution in [0.1, 0.15) is 25.5 Å². The lowest BCUT2D eigenvalue weighted by molar-refractivity contribution is 0.834. The second kappa shape index (κ2) is 3.42. The van der Waals surface area contributed by atoms with E-state index < -0.39 is 0 Å². The van der Waals surface area contributed by atoms with E-state index in [1.807, 2.05) is 24.3 Å². The third-order valence-electron chi connectivity index (χ3n) is 2.55. The van der Waals surface area contributed by atoms with Gasteiger partial charge in [0.2, 0.25) is 0 Å². The van der Waals surface area contributed by atoms with Crippen molar-refractivity contribution in [2.75, 3.05) is 11.5 Å². The van der Waals surface area contributed by atoms with Crippen LogP contribution in [0, 0.1) is 0 Å². The molecule has 2 rings (SSSR count). The van der Waals surface area contributed by atoms with Crippen LogP contribution in [0.5, 0.6) is 0 Å². The van der Waals surface area contributed by atoms with Crippen molar-refractivity contribution in [1.29, 1.82) is 0 Å². The van der Waals surface area contributed by atoms with Crippen LogP contribution in [0.25, 0.3) is 10.9 Å². The molecule has 0 saturated carbocycles. The van der Waals surface area contributed by atoms with Crippen LogP contribution < -0.4 is 11.5 Å². The summed E-state index contributed by atoms with van der Waals surface area (Å²) in [5.41, 5.74) is 15.0. The fraction of sp³-hybridized carbons (Fsp3) is 0.250. The zero-order valence-electron chi connectivity index (χ0n) is 8.99. The average molecular weight is 201 g/mol. The number of hydrogen-bond acceptors (Lipinski definition) is 3. The van der Waals surface area contributed by atoms with Crippen LogP contribution in [0.4, 0.5) is 11.4 Å². The molecule has 0 aliphatic rings. The van der Waals surface area contributed by atoms with Gasteiger partial charge in [-0.1, -0.05) is 32.0 Å². The van der Waals surface area contributed by atoms with Gasteiger partial charge in [0, 0.05) is 5.39 Å². The van der Waals surface area contributed by atoms with Gasteiger partial charge in [-0.3, -0.25) is 4.98 Å². The minimum atomic E-state index is 0.289. The summed E-state index contributed by atoms with van der Waals surface area (Å²) in [4.78, 5) is 4.53. The molecule has 1 aromatic heterocycles. The highest BCUT2D eigenvalue weighted by Crippen LogP contribution is 2.31. The van der Waals surface area contributed by atoms with Crippen LogP contribution in [0.3, 0.4) is 0 Å². The Bertz CT molecular complexity index is 503. The first-order chi connectivity index (χ1) is 7.11. The summed E-state index contributed by atoms with van der Waals surface area (Å²) in [5.74, 6) is 0.289. The Balaban J connectivity index is 2.82. The van der Waals surface area contributed by atoms with Gasteiger partial charge in [-0.25, -0.2) is 0 Å². The lowest BCUT2D eigenvalue weighted by Gasteiger charge is -2.12. The third kappa shape index (κ3) is 1.50. The SMILES string of the molecule is CC(C)c1nc2ccccc2c(N)c1N. The molecule has 1 heterocycles. The molecule has 0 aliphatic carbocycles. The normalized spacial score (nSPS) is 11.1. The van der Waals surface area contributed by atoms with Gasteiger partial charge in [-0.15, -0.1) is 0 Å². The molecule has 4 N–H and O–H groups in total. The minimum Gasteiger partial charge on any atom is -0.396 e. The van der Waals surface area contributed by atoms with Gasteiger partial charge in [0.25, 0.3) is 0 Å². The Morgan fingerprint density at radius 3 is 2.40 bits per heavy atom. The number of pyridine rings is 1. The summed E-state index contributed by atoms with van der Waals surface area (Å²) in [6.45, 7) is 4.12. The Morgan fingerprint density at radius 2 is 1.73 bits per heavy atom. The van der Waals surface area contributed by atoms with E-state index in [0.717, 1.165) is 16.6 Å². The fourth-order valence-electron chi connectivity index (χ4n) is 1.71. The minimum absolute atomic E-state index is 0.289. The molecule has 0 spiro atoms. The number of hydrogen-bond donors (Lipinski definition) is 2. The number of rotatable bonds is 1. The number of fused-ring (bicyclic) bond motifs is 1. The van der Waals surface area contributed by atoms with E-state index in [2.05, 4.69) is 18.8 Å². The maximum atomic E-state index is 5.99. The Kier molecular flexibility index (Phi) is 2.23. The van der Waals surface area contributed by atoms with Gasteiger partial charge in [0.05, 0.1) is 22.6 Å². The molecule has 2 aromatic rings. The lowest BCUT2D eigenvalue weighted by atomic mass is 10.0. The predicted molar refractivity (Wildman–Crippen MR) is 64.7 cm³/mol. The van der Waals surface area contributed by atoms with E-state index in [-0.39, 0.29) is 5.92 Å². The second-order valence-corrected chi connectivity index (χ2v) is 4.00. The Hall–Kier alpha value is -1.77. The van der Waals surface area contributed by atoms with E-state index in [4.69, 9.17) is 11.5 Å². The molecule has 3 heteroatoms. The van der Waals surface area contributed by atoms with Crippen molar-refractivity contribution in [1.82, 2.24) is 4.98 Å². The van der Waals surface area contributed by atoms with E-state index in [0.29, 0.717) is 11.4 Å². The van der Waals surface area contributed by atoms with Crippen LogP contribution in [0.2, 0.25) is 0 Å². The number of benzene rings is 1. The smallest absolute Gasteiger partial charge is 0.0776 e.